The molecule has 2 N–H and O–H groups in total. The first-order valence-corrected chi connectivity index (χ1v) is 6.54. The second-order valence-electron chi connectivity index (χ2n) is 3.62. The molecule has 0 amide bonds. The van der Waals surface area contributed by atoms with Crippen LogP contribution in [0.1, 0.15) is 5.56 Å². The summed E-state index contributed by atoms with van der Waals surface area (Å²) in [6.07, 6.45) is 2.80. The SMILES string of the molecule is NCCc1cccnc1N1CCSCC1. The van der Waals surface area contributed by atoms with E-state index < -0.39 is 0 Å². The van der Waals surface area contributed by atoms with Crippen LogP contribution in [0.25, 0.3) is 0 Å². The van der Waals surface area contributed by atoms with Crippen molar-refractivity contribution in [3.8, 4) is 0 Å². The number of nitrogens with zero attached hydrogens (tertiary/aromatic N) is 2. The molecule has 1 saturated heterocycles. The quantitative estimate of drug-likeness (QED) is 0.834. The largest absolute Gasteiger partial charge is 0.355 e. The summed E-state index contributed by atoms with van der Waals surface area (Å²) in [6, 6.07) is 4.13. The highest BCUT2D eigenvalue weighted by molar-refractivity contribution is 7.99. The number of hydrogen-bond acceptors (Lipinski definition) is 4. The predicted molar refractivity (Wildman–Crippen MR) is 66.5 cm³/mol. The zero-order chi connectivity index (χ0) is 10.5. The minimum Gasteiger partial charge on any atom is -0.355 e. The van der Waals surface area contributed by atoms with Gasteiger partial charge >= 0.3 is 0 Å². The Morgan fingerprint density at radius 2 is 2.20 bits per heavy atom. The first kappa shape index (κ1) is 10.8. The number of nitrogens with two attached hydrogens (primary N) is 1. The van der Waals surface area contributed by atoms with E-state index in [4.69, 9.17) is 5.73 Å². The van der Waals surface area contributed by atoms with Crippen molar-refractivity contribution in [2.45, 2.75) is 6.42 Å². The van der Waals surface area contributed by atoms with Crippen LogP contribution in [-0.4, -0.2) is 36.1 Å². The Morgan fingerprint density at radius 3 is 2.93 bits per heavy atom. The molecule has 1 fully saturated rings. The van der Waals surface area contributed by atoms with E-state index in [0.29, 0.717) is 6.54 Å². The third-order valence-electron chi connectivity index (χ3n) is 2.59. The Balaban J connectivity index is 2.17. The summed E-state index contributed by atoms with van der Waals surface area (Å²) in [6.45, 7) is 2.92. The lowest BCUT2D eigenvalue weighted by atomic mass is 10.2. The molecule has 2 rings (SSSR count). The number of hydrogen-bond donors (Lipinski definition) is 1. The maximum atomic E-state index is 5.61. The lowest BCUT2D eigenvalue weighted by Crippen LogP contribution is -2.34. The van der Waals surface area contributed by atoms with Gasteiger partial charge in [0.05, 0.1) is 0 Å². The van der Waals surface area contributed by atoms with E-state index in [1.54, 1.807) is 0 Å². The van der Waals surface area contributed by atoms with Gasteiger partial charge in [-0.2, -0.15) is 11.8 Å². The van der Waals surface area contributed by atoms with Gasteiger partial charge in [0.1, 0.15) is 5.82 Å². The average molecular weight is 223 g/mol. The minimum atomic E-state index is 0.696. The summed E-state index contributed by atoms with van der Waals surface area (Å²) >= 11 is 2.02. The molecule has 3 nitrogen and oxygen atoms in total. The van der Waals surface area contributed by atoms with Gasteiger partial charge in [-0.05, 0) is 24.6 Å². The van der Waals surface area contributed by atoms with E-state index in [0.717, 1.165) is 25.3 Å². The second-order valence-corrected chi connectivity index (χ2v) is 4.85. The van der Waals surface area contributed by atoms with Crippen molar-refractivity contribution in [1.82, 2.24) is 4.98 Å². The first-order chi connectivity index (χ1) is 7.42. The fourth-order valence-electron chi connectivity index (χ4n) is 1.84. The van der Waals surface area contributed by atoms with Crippen molar-refractivity contribution >= 4 is 17.6 Å². The van der Waals surface area contributed by atoms with E-state index in [-0.39, 0.29) is 0 Å². The van der Waals surface area contributed by atoms with Crippen LogP contribution < -0.4 is 10.6 Å². The minimum absolute atomic E-state index is 0.696. The van der Waals surface area contributed by atoms with E-state index in [9.17, 15) is 0 Å². The van der Waals surface area contributed by atoms with Gasteiger partial charge in [0.15, 0.2) is 0 Å². The molecule has 0 aliphatic carbocycles. The van der Waals surface area contributed by atoms with Crippen LogP contribution in [0, 0.1) is 0 Å². The Bertz CT molecular complexity index is 310. The third kappa shape index (κ3) is 2.63. The number of pyridine rings is 1. The molecule has 2 heterocycles. The van der Waals surface area contributed by atoms with Crippen LogP contribution in [0.4, 0.5) is 5.82 Å². The van der Waals surface area contributed by atoms with Crippen molar-refractivity contribution in [2.75, 3.05) is 36.0 Å². The third-order valence-corrected chi connectivity index (χ3v) is 3.53. The number of rotatable bonds is 3. The molecule has 1 aromatic heterocycles. The van der Waals surface area contributed by atoms with Crippen molar-refractivity contribution < 1.29 is 0 Å². The van der Waals surface area contributed by atoms with Crippen molar-refractivity contribution in [2.24, 2.45) is 5.73 Å². The van der Waals surface area contributed by atoms with Gasteiger partial charge in [0.2, 0.25) is 0 Å². The predicted octanol–water partition coefficient (Wildman–Crippen LogP) is 1.14. The fraction of sp³-hybridized carbons (Fsp3) is 0.545. The first-order valence-electron chi connectivity index (χ1n) is 5.38. The monoisotopic (exact) mass is 223 g/mol. The standard InChI is InChI=1S/C11H17N3S/c12-4-3-10-2-1-5-13-11(10)14-6-8-15-9-7-14/h1-2,5H,3-4,6-9,12H2. The highest BCUT2D eigenvalue weighted by atomic mass is 32.2. The Morgan fingerprint density at radius 1 is 1.40 bits per heavy atom. The molecular formula is C11H17N3S. The van der Waals surface area contributed by atoms with Gasteiger partial charge in [0, 0.05) is 30.8 Å². The topological polar surface area (TPSA) is 42.1 Å². The van der Waals surface area contributed by atoms with Crippen LogP contribution in [0.15, 0.2) is 18.3 Å². The van der Waals surface area contributed by atoms with Gasteiger partial charge in [0.25, 0.3) is 0 Å². The van der Waals surface area contributed by atoms with Gasteiger partial charge in [-0.1, -0.05) is 6.07 Å². The van der Waals surface area contributed by atoms with Crippen molar-refractivity contribution in [3.63, 3.8) is 0 Å². The number of anilines is 1. The molecule has 15 heavy (non-hydrogen) atoms. The molecule has 4 heteroatoms. The van der Waals surface area contributed by atoms with E-state index in [1.807, 2.05) is 24.0 Å². The molecule has 0 unspecified atom stereocenters. The smallest absolute Gasteiger partial charge is 0.131 e. The summed E-state index contributed by atoms with van der Waals surface area (Å²) in [5.74, 6) is 3.56. The van der Waals surface area contributed by atoms with Crippen molar-refractivity contribution in [1.29, 1.82) is 0 Å². The van der Waals surface area contributed by atoms with Gasteiger partial charge in [-0.25, -0.2) is 4.98 Å². The van der Waals surface area contributed by atoms with Crippen LogP contribution in [0.5, 0.6) is 0 Å². The summed E-state index contributed by atoms with van der Waals surface area (Å²) in [5, 5.41) is 0. The van der Waals surface area contributed by atoms with Gasteiger partial charge in [-0.15, -0.1) is 0 Å². The lowest BCUT2D eigenvalue weighted by Gasteiger charge is -2.29. The van der Waals surface area contributed by atoms with Crippen molar-refractivity contribution in [3.05, 3.63) is 23.9 Å². The molecule has 0 aromatic carbocycles. The average Bonchev–Trinajstić information content (AvgIpc) is 2.31. The number of thioether (sulfide) groups is 1. The Hall–Kier alpha value is -0.740. The molecule has 0 radical (unpaired) electrons. The Kier molecular flexibility index (Phi) is 3.86. The molecule has 1 aliphatic heterocycles. The van der Waals surface area contributed by atoms with E-state index in [1.165, 1.54) is 17.1 Å². The maximum absolute atomic E-state index is 5.61. The van der Waals surface area contributed by atoms with Gasteiger partial charge in [-0.3, -0.25) is 0 Å². The number of aromatic nitrogens is 1. The highest BCUT2D eigenvalue weighted by Crippen LogP contribution is 2.21. The lowest BCUT2D eigenvalue weighted by molar-refractivity contribution is 0.821. The normalized spacial score (nSPS) is 16.7. The van der Waals surface area contributed by atoms with Crippen LogP contribution in [0.3, 0.4) is 0 Å². The van der Waals surface area contributed by atoms with E-state index >= 15 is 0 Å². The summed E-state index contributed by atoms with van der Waals surface area (Å²) in [7, 11) is 0. The molecule has 0 spiro atoms. The molecule has 82 valence electrons. The fourth-order valence-corrected chi connectivity index (χ4v) is 2.74. The molecule has 0 saturated carbocycles. The Labute approximate surface area is 95.1 Å². The molecule has 0 atom stereocenters. The molecule has 1 aromatic rings. The highest BCUT2D eigenvalue weighted by Gasteiger charge is 2.14. The zero-order valence-electron chi connectivity index (χ0n) is 8.85. The molecule has 1 aliphatic rings. The summed E-state index contributed by atoms with van der Waals surface area (Å²) in [4.78, 5) is 6.86. The van der Waals surface area contributed by atoms with Gasteiger partial charge < -0.3 is 10.6 Å². The van der Waals surface area contributed by atoms with Crippen LogP contribution in [0.2, 0.25) is 0 Å². The van der Waals surface area contributed by atoms with E-state index in [2.05, 4.69) is 16.0 Å². The zero-order valence-corrected chi connectivity index (χ0v) is 9.67. The molecular weight excluding hydrogens is 206 g/mol. The second kappa shape index (κ2) is 5.37. The maximum Gasteiger partial charge on any atom is 0.131 e. The summed E-state index contributed by atoms with van der Waals surface area (Å²) < 4.78 is 0. The molecule has 0 bridgehead atoms. The van der Waals surface area contributed by atoms with Crippen LogP contribution in [-0.2, 0) is 6.42 Å². The van der Waals surface area contributed by atoms with Crippen LogP contribution >= 0.6 is 11.8 Å². The summed E-state index contributed by atoms with van der Waals surface area (Å²) in [5.41, 5.74) is 6.89.